The summed E-state index contributed by atoms with van der Waals surface area (Å²) in [6.07, 6.45) is 24.6. The molecule has 0 atom stereocenters. The van der Waals surface area contributed by atoms with E-state index >= 15 is 0 Å². The molecule has 0 heterocycles. The van der Waals surface area contributed by atoms with Crippen LogP contribution in [-0.4, -0.2) is 23.0 Å². The fourth-order valence-electron chi connectivity index (χ4n) is 3.14. The molecule has 152 valence electrons. The van der Waals surface area contributed by atoms with Gasteiger partial charge >= 0.3 is 0 Å². The SMILES string of the molecule is CCCCCCCCCCSCCCSCCCCCCCCCC. The smallest absolute Gasteiger partial charge is 0.00597 e. The highest BCUT2D eigenvalue weighted by atomic mass is 32.2. The molecule has 0 aromatic carbocycles. The van der Waals surface area contributed by atoms with Crippen molar-refractivity contribution in [2.24, 2.45) is 0 Å². The summed E-state index contributed by atoms with van der Waals surface area (Å²) in [4.78, 5) is 0. The van der Waals surface area contributed by atoms with Crippen LogP contribution in [0, 0.1) is 0 Å². The van der Waals surface area contributed by atoms with Crippen molar-refractivity contribution in [1.82, 2.24) is 0 Å². The summed E-state index contributed by atoms with van der Waals surface area (Å²) in [5.41, 5.74) is 0. The minimum atomic E-state index is 1.37. The molecule has 0 saturated heterocycles. The Hall–Kier alpha value is 0.700. The van der Waals surface area contributed by atoms with E-state index in [1.807, 2.05) is 0 Å². The third-order valence-electron chi connectivity index (χ3n) is 4.86. The predicted molar refractivity (Wildman–Crippen MR) is 124 cm³/mol. The van der Waals surface area contributed by atoms with Crippen LogP contribution >= 0.6 is 23.5 Å². The Bertz CT molecular complexity index is 196. The standard InChI is InChI=1S/C23H48S2/c1-3-5-7-9-11-13-15-17-20-24-22-19-23-25-21-18-16-14-12-10-8-6-4-2/h3-23H2,1-2H3. The van der Waals surface area contributed by atoms with Gasteiger partial charge in [-0.15, -0.1) is 0 Å². The normalized spacial score (nSPS) is 11.3. The first-order valence-corrected chi connectivity index (χ1v) is 13.9. The van der Waals surface area contributed by atoms with Crippen molar-refractivity contribution in [1.29, 1.82) is 0 Å². The zero-order valence-corrected chi connectivity index (χ0v) is 19.3. The Morgan fingerprint density at radius 2 is 0.600 bits per heavy atom. The first kappa shape index (κ1) is 25.7. The van der Waals surface area contributed by atoms with E-state index in [4.69, 9.17) is 0 Å². The molecular formula is C23H48S2. The highest BCUT2D eigenvalue weighted by Gasteiger charge is 1.95. The van der Waals surface area contributed by atoms with Crippen LogP contribution in [0.4, 0.5) is 0 Å². The van der Waals surface area contributed by atoms with Crippen molar-refractivity contribution >= 4 is 23.5 Å². The van der Waals surface area contributed by atoms with Gasteiger partial charge in [0.05, 0.1) is 0 Å². The number of unbranched alkanes of at least 4 members (excludes halogenated alkanes) is 14. The Morgan fingerprint density at radius 1 is 0.320 bits per heavy atom. The highest BCUT2D eigenvalue weighted by Crippen LogP contribution is 2.15. The van der Waals surface area contributed by atoms with E-state index in [2.05, 4.69) is 37.4 Å². The van der Waals surface area contributed by atoms with Gasteiger partial charge in [0.25, 0.3) is 0 Å². The van der Waals surface area contributed by atoms with Crippen LogP contribution in [0.15, 0.2) is 0 Å². The van der Waals surface area contributed by atoms with Gasteiger partial charge in [0, 0.05) is 0 Å². The van der Waals surface area contributed by atoms with E-state index in [-0.39, 0.29) is 0 Å². The zero-order chi connectivity index (χ0) is 18.3. The summed E-state index contributed by atoms with van der Waals surface area (Å²) in [6, 6.07) is 0. The van der Waals surface area contributed by atoms with Crippen LogP contribution < -0.4 is 0 Å². The van der Waals surface area contributed by atoms with Gasteiger partial charge in [-0.3, -0.25) is 0 Å². The molecule has 0 unspecified atom stereocenters. The van der Waals surface area contributed by atoms with Gasteiger partial charge in [-0.05, 0) is 42.3 Å². The lowest BCUT2D eigenvalue weighted by molar-refractivity contribution is 0.586. The number of thioether (sulfide) groups is 2. The van der Waals surface area contributed by atoms with E-state index in [9.17, 15) is 0 Å². The van der Waals surface area contributed by atoms with Gasteiger partial charge < -0.3 is 0 Å². The van der Waals surface area contributed by atoms with E-state index in [1.165, 1.54) is 132 Å². The van der Waals surface area contributed by atoms with Gasteiger partial charge in [0.15, 0.2) is 0 Å². The largest absolute Gasteiger partial charge is 0.162 e. The van der Waals surface area contributed by atoms with Crippen molar-refractivity contribution < 1.29 is 0 Å². The third kappa shape index (κ3) is 24.7. The fraction of sp³-hybridized carbons (Fsp3) is 1.00. The van der Waals surface area contributed by atoms with Gasteiger partial charge in [-0.1, -0.05) is 104 Å². The molecule has 0 aromatic heterocycles. The minimum Gasteiger partial charge on any atom is -0.162 e. The summed E-state index contributed by atoms with van der Waals surface area (Å²) in [5, 5.41) is 0. The van der Waals surface area contributed by atoms with Crippen molar-refractivity contribution in [3.63, 3.8) is 0 Å². The Kier molecular flexibility index (Phi) is 25.4. The summed E-state index contributed by atoms with van der Waals surface area (Å²) < 4.78 is 0. The van der Waals surface area contributed by atoms with Gasteiger partial charge in [0.2, 0.25) is 0 Å². The first-order valence-electron chi connectivity index (χ1n) is 11.6. The maximum atomic E-state index is 2.30. The monoisotopic (exact) mass is 388 g/mol. The summed E-state index contributed by atoms with van der Waals surface area (Å²) in [7, 11) is 0. The summed E-state index contributed by atoms with van der Waals surface area (Å²) >= 11 is 4.39. The van der Waals surface area contributed by atoms with Crippen LogP contribution in [0.25, 0.3) is 0 Å². The lowest BCUT2D eigenvalue weighted by atomic mass is 10.1. The maximum Gasteiger partial charge on any atom is -0.00597 e. The summed E-state index contributed by atoms with van der Waals surface area (Å²) in [5.74, 6) is 5.58. The lowest BCUT2D eigenvalue weighted by Crippen LogP contribution is -1.89. The van der Waals surface area contributed by atoms with Crippen LogP contribution in [0.5, 0.6) is 0 Å². The Labute approximate surface area is 169 Å². The molecule has 0 nitrogen and oxygen atoms in total. The average molecular weight is 389 g/mol. The zero-order valence-electron chi connectivity index (χ0n) is 17.7. The van der Waals surface area contributed by atoms with Crippen molar-refractivity contribution in [3.05, 3.63) is 0 Å². The fourth-order valence-corrected chi connectivity index (χ4v) is 5.25. The molecule has 0 bridgehead atoms. The van der Waals surface area contributed by atoms with E-state index in [0.29, 0.717) is 0 Å². The van der Waals surface area contributed by atoms with Crippen molar-refractivity contribution in [2.75, 3.05) is 23.0 Å². The second kappa shape index (κ2) is 24.7. The van der Waals surface area contributed by atoms with Gasteiger partial charge in [-0.25, -0.2) is 0 Å². The minimum absolute atomic E-state index is 1.37. The molecule has 0 spiro atoms. The molecule has 0 amide bonds. The quantitative estimate of drug-likeness (QED) is 0.169. The second-order valence-corrected chi connectivity index (χ2v) is 9.98. The summed E-state index contributed by atoms with van der Waals surface area (Å²) in [6.45, 7) is 4.60. The number of hydrogen-bond acceptors (Lipinski definition) is 2. The Morgan fingerprint density at radius 3 is 0.960 bits per heavy atom. The van der Waals surface area contributed by atoms with Crippen LogP contribution in [-0.2, 0) is 0 Å². The molecule has 0 rings (SSSR count). The van der Waals surface area contributed by atoms with Crippen molar-refractivity contribution in [3.8, 4) is 0 Å². The average Bonchev–Trinajstić information content (AvgIpc) is 2.63. The molecule has 0 aliphatic carbocycles. The maximum absolute atomic E-state index is 2.30. The number of hydrogen-bond donors (Lipinski definition) is 0. The molecule has 0 aliphatic heterocycles. The van der Waals surface area contributed by atoms with E-state index in [0.717, 1.165) is 0 Å². The molecule has 0 N–H and O–H groups in total. The lowest BCUT2D eigenvalue weighted by Gasteiger charge is -2.04. The van der Waals surface area contributed by atoms with E-state index in [1.54, 1.807) is 0 Å². The second-order valence-electron chi connectivity index (χ2n) is 7.53. The first-order chi connectivity index (χ1) is 12.4. The van der Waals surface area contributed by atoms with E-state index < -0.39 is 0 Å². The van der Waals surface area contributed by atoms with Crippen LogP contribution in [0.1, 0.15) is 123 Å². The molecule has 0 aliphatic rings. The number of rotatable bonds is 22. The topological polar surface area (TPSA) is 0 Å². The molecule has 0 aromatic rings. The Balaban J connectivity index is 2.94. The molecular weight excluding hydrogens is 340 g/mol. The van der Waals surface area contributed by atoms with Crippen LogP contribution in [0.3, 0.4) is 0 Å². The van der Waals surface area contributed by atoms with Crippen molar-refractivity contribution in [2.45, 2.75) is 123 Å². The van der Waals surface area contributed by atoms with Crippen LogP contribution in [0.2, 0.25) is 0 Å². The molecule has 25 heavy (non-hydrogen) atoms. The highest BCUT2D eigenvalue weighted by molar-refractivity contribution is 8.00. The molecule has 0 saturated carbocycles. The van der Waals surface area contributed by atoms with Gasteiger partial charge in [0.1, 0.15) is 0 Å². The molecule has 2 heteroatoms. The van der Waals surface area contributed by atoms with Gasteiger partial charge in [-0.2, -0.15) is 23.5 Å². The predicted octanol–water partition coefficient (Wildman–Crippen LogP) is 9.12. The molecule has 0 radical (unpaired) electrons. The third-order valence-corrected chi connectivity index (χ3v) is 7.17. The molecule has 0 fully saturated rings.